The summed E-state index contributed by atoms with van der Waals surface area (Å²) in [6, 6.07) is 2.85. The molecular formula is C16H22ClIN2O4. The zero-order valence-corrected chi connectivity index (χ0v) is 17.0. The highest BCUT2D eigenvalue weighted by molar-refractivity contribution is 14.1. The molecule has 2 amide bonds. The van der Waals surface area contributed by atoms with Crippen LogP contribution in [0.4, 0.5) is 4.79 Å². The van der Waals surface area contributed by atoms with Gasteiger partial charge < -0.3 is 20.5 Å². The van der Waals surface area contributed by atoms with Crippen molar-refractivity contribution >= 4 is 46.2 Å². The minimum Gasteiger partial charge on any atom is -0.506 e. The highest BCUT2D eigenvalue weighted by Crippen LogP contribution is 2.33. The molecule has 0 heterocycles. The van der Waals surface area contributed by atoms with Crippen molar-refractivity contribution in [1.82, 2.24) is 10.6 Å². The van der Waals surface area contributed by atoms with Crippen LogP contribution in [0.3, 0.4) is 0 Å². The predicted octanol–water partition coefficient (Wildman–Crippen LogP) is 3.74. The fraction of sp³-hybridized carbons (Fsp3) is 0.500. The molecule has 1 unspecified atom stereocenters. The lowest BCUT2D eigenvalue weighted by molar-refractivity contribution is -0.121. The van der Waals surface area contributed by atoms with Crippen LogP contribution in [0.15, 0.2) is 12.1 Å². The lowest BCUT2D eigenvalue weighted by atomic mass is 10.0. The molecule has 3 N–H and O–H groups in total. The van der Waals surface area contributed by atoms with Crippen molar-refractivity contribution in [1.29, 1.82) is 0 Å². The van der Waals surface area contributed by atoms with E-state index in [1.54, 1.807) is 32.9 Å². The summed E-state index contributed by atoms with van der Waals surface area (Å²) in [5.41, 5.74) is -0.0875. The van der Waals surface area contributed by atoms with Crippen LogP contribution < -0.4 is 10.6 Å². The molecule has 134 valence electrons. The van der Waals surface area contributed by atoms with Crippen LogP contribution in [0.25, 0.3) is 0 Å². The molecule has 1 aromatic rings. The van der Waals surface area contributed by atoms with Crippen LogP contribution in [0.5, 0.6) is 5.75 Å². The largest absolute Gasteiger partial charge is 0.506 e. The van der Waals surface area contributed by atoms with Crippen molar-refractivity contribution in [2.75, 3.05) is 6.54 Å². The number of hydrogen-bond acceptors (Lipinski definition) is 4. The zero-order chi connectivity index (χ0) is 18.5. The Labute approximate surface area is 160 Å². The number of halogens is 2. The van der Waals surface area contributed by atoms with Gasteiger partial charge in [0.25, 0.3) is 0 Å². The number of alkyl carbamates (subject to hydrolysis) is 1. The first-order valence-electron chi connectivity index (χ1n) is 7.47. The Morgan fingerprint density at radius 2 is 2.00 bits per heavy atom. The molecule has 0 bridgehead atoms. The number of rotatable bonds is 5. The first-order valence-corrected chi connectivity index (χ1v) is 8.93. The number of phenols is 1. The second-order valence-electron chi connectivity index (χ2n) is 6.21. The third-order valence-corrected chi connectivity index (χ3v) is 4.01. The van der Waals surface area contributed by atoms with Gasteiger partial charge in [-0.2, -0.15) is 0 Å². The van der Waals surface area contributed by atoms with Gasteiger partial charge in [0.05, 0.1) is 9.61 Å². The van der Waals surface area contributed by atoms with Gasteiger partial charge in [0.2, 0.25) is 5.91 Å². The van der Waals surface area contributed by atoms with Gasteiger partial charge in [-0.3, -0.25) is 4.79 Å². The maximum absolute atomic E-state index is 12.0. The molecule has 0 aliphatic heterocycles. The van der Waals surface area contributed by atoms with Gasteiger partial charge in [-0.25, -0.2) is 4.79 Å². The normalized spacial score (nSPS) is 12.4. The molecule has 1 rings (SSSR count). The van der Waals surface area contributed by atoms with Crippen molar-refractivity contribution < 1.29 is 19.4 Å². The molecule has 0 radical (unpaired) electrons. The van der Waals surface area contributed by atoms with Crippen LogP contribution >= 0.6 is 34.2 Å². The standard InChI is InChI=1S/C16H22ClIN2O4/c1-5-12(10-6-9(17)7-11(18)14(10)22)20-13(21)8-19-15(23)24-16(2,3)4/h6-7,12,22H,5,8H2,1-4H3,(H,19,23)(H,20,21). The number of amides is 2. The van der Waals surface area contributed by atoms with E-state index in [1.807, 2.05) is 29.5 Å². The predicted molar refractivity (Wildman–Crippen MR) is 101 cm³/mol. The van der Waals surface area contributed by atoms with E-state index >= 15 is 0 Å². The van der Waals surface area contributed by atoms with Gasteiger partial charge in [-0.05, 0) is 61.9 Å². The molecule has 1 aromatic carbocycles. The van der Waals surface area contributed by atoms with E-state index in [-0.39, 0.29) is 18.2 Å². The Morgan fingerprint density at radius 3 is 2.54 bits per heavy atom. The van der Waals surface area contributed by atoms with Crippen LogP contribution in [0.2, 0.25) is 5.02 Å². The molecule has 8 heteroatoms. The molecule has 6 nitrogen and oxygen atoms in total. The lowest BCUT2D eigenvalue weighted by Gasteiger charge is -2.21. The molecule has 1 atom stereocenters. The van der Waals surface area contributed by atoms with Gasteiger partial charge in [0.1, 0.15) is 17.9 Å². The SMILES string of the molecule is CCC(NC(=O)CNC(=O)OC(C)(C)C)c1cc(Cl)cc(I)c1O. The minimum absolute atomic E-state index is 0.0900. The van der Waals surface area contributed by atoms with Gasteiger partial charge in [-0.15, -0.1) is 0 Å². The first-order chi connectivity index (χ1) is 11.0. The highest BCUT2D eigenvalue weighted by Gasteiger charge is 2.20. The third-order valence-electron chi connectivity index (χ3n) is 2.97. The van der Waals surface area contributed by atoms with Crippen LogP contribution in [-0.4, -0.2) is 29.3 Å². The molecule has 0 aromatic heterocycles. The molecule has 0 aliphatic carbocycles. The van der Waals surface area contributed by atoms with Crippen LogP contribution in [0, 0.1) is 3.57 Å². The highest BCUT2D eigenvalue weighted by atomic mass is 127. The van der Waals surface area contributed by atoms with Crippen molar-refractivity contribution in [3.63, 3.8) is 0 Å². The summed E-state index contributed by atoms with van der Waals surface area (Å²) < 4.78 is 5.67. The van der Waals surface area contributed by atoms with Crippen molar-refractivity contribution in [3.05, 3.63) is 26.3 Å². The molecule has 0 aliphatic rings. The number of nitrogens with one attached hydrogen (secondary N) is 2. The number of hydrogen-bond donors (Lipinski definition) is 3. The fourth-order valence-corrected chi connectivity index (χ4v) is 3.02. The zero-order valence-electron chi connectivity index (χ0n) is 14.1. The maximum atomic E-state index is 12.0. The lowest BCUT2D eigenvalue weighted by Crippen LogP contribution is -2.40. The number of benzene rings is 1. The second-order valence-corrected chi connectivity index (χ2v) is 7.81. The molecule has 0 fully saturated rings. The van der Waals surface area contributed by atoms with E-state index in [9.17, 15) is 14.7 Å². The molecule has 24 heavy (non-hydrogen) atoms. The van der Waals surface area contributed by atoms with Crippen LogP contribution in [-0.2, 0) is 9.53 Å². The summed E-state index contributed by atoms with van der Waals surface area (Å²) in [6.45, 7) is 6.87. The van der Waals surface area contributed by atoms with Gasteiger partial charge >= 0.3 is 6.09 Å². The van der Waals surface area contributed by atoms with Crippen LogP contribution in [0.1, 0.15) is 45.7 Å². The summed E-state index contributed by atoms with van der Waals surface area (Å²) in [5, 5.41) is 15.8. The number of phenolic OH excluding ortho intramolecular Hbond substituents is 1. The van der Waals surface area contributed by atoms with E-state index in [4.69, 9.17) is 16.3 Å². The van der Waals surface area contributed by atoms with E-state index < -0.39 is 17.7 Å². The minimum atomic E-state index is -0.661. The molecule has 0 saturated heterocycles. The Bertz CT molecular complexity index is 617. The summed E-state index contributed by atoms with van der Waals surface area (Å²) >= 11 is 8.00. The number of ether oxygens (including phenoxy) is 1. The van der Waals surface area contributed by atoms with Crippen molar-refractivity contribution in [2.24, 2.45) is 0 Å². The van der Waals surface area contributed by atoms with Gasteiger partial charge in [-0.1, -0.05) is 18.5 Å². The topological polar surface area (TPSA) is 87.7 Å². The summed E-state index contributed by atoms with van der Waals surface area (Å²) in [6.07, 6.45) is -0.104. The first kappa shape index (κ1) is 20.8. The van der Waals surface area contributed by atoms with E-state index in [0.29, 0.717) is 20.6 Å². The third kappa shape index (κ3) is 6.72. The quantitative estimate of drug-likeness (QED) is 0.575. The molecular weight excluding hydrogens is 447 g/mol. The fourth-order valence-electron chi connectivity index (χ4n) is 1.96. The van der Waals surface area contributed by atoms with Gasteiger partial charge in [0.15, 0.2) is 0 Å². The van der Waals surface area contributed by atoms with Crippen molar-refractivity contribution in [2.45, 2.75) is 45.8 Å². The second kappa shape index (κ2) is 8.75. The van der Waals surface area contributed by atoms with Crippen molar-refractivity contribution in [3.8, 4) is 5.75 Å². The van der Waals surface area contributed by atoms with E-state index in [2.05, 4.69) is 10.6 Å². The van der Waals surface area contributed by atoms with E-state index in [0.717, 1.165) is 0 Å². The summed E-state index contributed by atoms with van der Waals surface area (Å²) in [7, 11) is 0. The summed E-state index contributed by atoms with van der Waals surface area (Å²) in [5.74, 6) is -0.297. The van der Waals surface area contributed by atoms with Gasteiger partial charge in [0, 0.05) is 10.6 Å². The monoisotopic (exact) mass is 468 g/mol. The summed E-state index contributed by atoms with van der Waals surface area (Å²) in [4.78, 5) is 23.6. The smallest absolute Gasteiger partial charge is 0.408 e. The Kier molecular flexibility index (Phi) is 7.59. The number of carbonyl (C=O) groups excluding carboxylic acids is 2. The Morgan fingerprint density at radius 1 is 1.38 bits per heavy atom. The average Bonchev–Trinajstić information content (AvgIpc) is 2.44. The molecule has 0 saturated carbocycles. The number of carbonyl (C=O) groups is 2. The molecule has 0 spiro atoms. The number of aromatic hydroxyl groups is 1. The average molecular weight is 469 g/mol. The van der Waals surface area contributed by atoms with E-state index in [1.165, 1.54) is 0 Å². The Hall–Kier alpha value is -1.22. The Balaban J connectivity index is 2.69. The maximum Gasteiger partial charge on any atom is 0.408 e.